The number of benzene rings is 1. The number of hydrogen-bond acceptors (Lipinski definition) is 6. The number of hydrogen-bond donors (Lipinski definition) is 1. The van der Waals surface area contributed by atoms with E-state index in [1.54, 1.807) is 19.2 Å². The van der Waals surface area contributed by atoms with Crippen LogP contribution in [-0.2, 0) is 9.59 Å². The number of fused-ring (bicyclic) bond motifs is 2. The van der Waals surface area contributed by atoms with Crippen LogP contribution in [0.5, 0.6) is 5.75 Å². The normalized spacial score (nSPS) is 19.2. The van der Waals surface area contributed by atoms with Gasteiger partial charge in [0.1, 0.15) is 4.91 Å². The predicted octanol–water partition coefficient (Wildman–Crippen LogP) is 1.87. The van der Waals surface area contributed by atoms with Crippen molar-refractivity contribution in [2.75, 3.05) is 31.6 Å². The molecule has 1 aromatic carbocycles. The van der Waals surface area contributed by atoms with Crippen molar-refractivity contribution in [1.29, 1.82) is 0 Å². The van der Waals surface area contributed by atoms with Crippen molar-refractivity contribution in [3.63, 3.8) is 0 Å². The topological polar surface area (TPSA) is 82.4 Å². The van der Waals surface area contributed by atoms with Gasteiger partial charge >= 0.3 is 5.97 Å². The number of carbonyl (C=O) groups excluding carboxylic acids is 1. The molecule has 4 rings (SSSR count). The number of rotatable bonds is 2. The fraction of sp³-hybridized carbons (Fsp3) is 0.267. The van der Waals surface area contributed by atoms with Crippen molar-refractivity contribution in [1.82, 2.24) is 4.90 Å². The molecule has 9 heteroatoms. The minimum absolute atomic E-state index is 0.0953. The number of amides is 1. The second-order valence-corrected chi connectivity index (χ2v) is 6.86. The Labute approximate surface area is 146 Å². The molecule has 124 valence electrons. The summed E-state index contributed by atoms with van der Waals surface area (Å²) in [6.07, 6.45) is 0. The number of carboxylic acids is 1. The summed E-state index contributed by atoms with van der Waals surface area (Å²) in [7, 11) is 1.64. The molecule has 1 aromatic rings. The molecule has 24 heavy (non-hydrogen) atoms. The quantitative estimate of drug-likeness (QED) is 0.861. The number of carbonyl (C=O) groups is 2. The molecule has 0 spiro atoms. The molecule has 0 saturated heterocycles. The van der Waals surface area contributed by atoms with Crippen molar-refractivity contribution in [2.45, 2.75) is 0 Å². The molecule has 7 nitrogen and oxygen atoms in total. The van der Waals surface area contributed by atoms with Gasteiger partial charge in [-0.1, -0.05) is 11.6 Å². The number of thioether (sulfide) groups is 1. The van der Waals surface area contributed by atoms with Crippen molar-refractivity contribution in [2.24, 2.45) is 4.99 Å². The van der Waals surface area contributed by atoms with Gasteiger partial charge in [0.05, 0.1) is 17.9 Å². The Hall–Kier alpha value is -2.19. The number of anilines is 1. The van der Waals surface area contributed by atoms with Crippen LogP contribution in [0.3, 0.4) is 0 Å². The maximum absolute atomic E-state index is 11.9. The Kier molecular flexibility index (Phi) is 3.47. The molecule has 0 saturated carbocycles. The second-order valence-electron chi connectivity index (χ2n) is 5.44. The van der Waals surface area contributed by atoms with Gasteiger partial charge in [-0.15, -0.1) is 0 Å². The number of halogens is 1. The van der Waals surface area contributed by atoms with Gasteiger partial charge in [0.25, 0.3) is 5.91 Å². The molecule has 3 aliphatic heterocycles. The molecule has 1 amide bonds. The summed E-state index contributed by atoms with van der Waals surface area (Å²) in [4.78, 5) is 31.4. The highest BCUT2D eigenvalue weighted by Gasteiger charge is 2.39. The molecule has 0 aliphatic carbocycles. The molecule has 3 heterocycles. The predicted molar refractivity (Wildman–Crippen MR) is 91.5 cm³/mol. The van der Waals surface area contributed by atoms with Crippen LogP contribution in [0, 0.1) is 0 Å². The molecular formula is C15H12ClN3O4S. The third-order valence-electron chi connectivity index (χ3n) is 4.04. The van der Waals surface area contributed by atoms with Crippen LogP contribution in [0.25, 0.3) is 5.70 Å². The molecule has 0 fully saturated rings. The van der Waals surface area contributed by atoms with E-state index in [9.17, 15) is 14.7 Å². The SMILES string of the molecule is CN1C(=O)COc2c(C3=C(C(=O)O)SC4=NCCN43)cc(Cl)cc21. The first-order valence-electron chi connectivity index (χ1n) is 7.18. The molecule has 0 aromatic heterocycles. The van der Waals surface area contributed by atoms with Crippen LogP contribution in [0.1, 0.15) is 5.56 Å². The van der Waals surface area contributed by atoms with Crippen LogP contribution in [0.15, 0.2) is 22.0 Å². The van der Waals surface area contributed by atoms with E-state index in [1.165, 1.54) is 4.90 Å². The maximum Gasteiger partial charge on any atom is 0.344 e. The van der Waals surface area contributed by atoms with Gasteiger partial charge in [-0.05, 0) is 23.9 Å². The number of nitrogens with zero attached hydrogens (tertiary/aromatic N) is 3. The third kappa shape index (κ3) is 2.17. The minimum atomic E-state index is -1.03. The zero-order valence-electron chi connectivity index (χ0n) is 12.6. The standard InChI is InChI=1S/C15H12ClN3O4S/c1-18-9-5-7(16)4-8(12(9)23-6-10(18)20)11-13(14(21)22)24-15-17-2-3-19(11)15/h4-5H,2-3,6H2,1H3,(H,21,22). The van der Waals surface area contributed by atoms with Crippen LogP contribution >= 0.6 is 23.4 Å². The monoisotopic (exact) mass is 365 g/mol. The Morgan fingerprint density at radius 2 is 2.25 bits per heavy atom. The van der Waals surface area contributed by atoms with E-state index >= 15 is 0 Å². The van der Waals surface area contributed by atoms with Crippen LogP contribution < -0.4 is 9.64 Å². The number of aliphatic imine (C=N–C) groups is 1. The van der Waals surface area contributed by atoms with E-state index in [4.69, 9.17) is 16.3 Å². The van der Waals surface area contributed by atoms with Gasteiger partial charge in [0, 0.05) is 24.2 Å². The molecule has 0 atom stereocenters. The molecule has 0 unspecified atom stereocenters. The van der Waals surface area contributed by atoms with E-state index in [0.29, 0.717) is 46.0 Å². The fourth-order valence-electron chi connectivity index (χ4n) is 2.92. The lowest BCUT2D eigenvalue weighted by molar-refractivity contribution is -0.131. The van der Waals surface area contributed by atoms with Gasteiger partial charge in [0.2, 0.25) is 0 Å². The second kappa shape index (κ2) is 5.42. The van der Waals surface area contributed by atoms with Gasteiger partial charge < -0.3 is 19.6 Å². The molecule has 0 bridgehead atoms. The van der Waals surface area contributed by atoms with Gasteiger partial charge in [-0.2, -0.15) is 0 Å². The average molecular weight is 366 g/mol. The van der Waals surface area contributed by atoms with Gasteiger partial charge in [-0.25, -0.2) is 4.79 Å². The zero-order valence-corrected chi connectivity index (χ0v) is 14.1. The smallest absolute Gasteiger partial charge is 0.344 e. The van der Waals surface area contributed by atoms with Crippen molar-refractivity contribution in [3.8, 4) is 5.75 Å². The minimum Gasteiger partial charge on any atom is -0.481 e. The Morgan fingerprint density at radius 1 is 1.46 bits per heavy atom. The first-order chi connectivity index (χ1) is 11.5. The third-order valence-corrected chi connectivity index (χ3v) is 5.36. The summed E-state index contributed by atoms with van der Waals surface area (Å²) in [5.74, 6) is -0.752. The Morgan fingerprint density at radius 3 is 3.00 bits per heavy atom. The highest BCUT2D eigenvalue weighted by molar-refractivity contribution is 8.18. The first-order valence-corrected chi connectivity index (χ1v) is 8.37. The number of aliphatic carboxylic acids is 1. The molecule has 0 radical (unpaired) electrons. The zero-order chi connectivity index (χ0) is 17.0. The average Bonchev–Trinajstić information content (AvgIpc) is 3.11. The number of ether oxygens (including phenoxy) is 1. The lowest BCUT2D eigenvalue weighted by Crippen LogP contribution is -2.36. The summed E-state index contributed by atoms with van der Waals surface area (Å²) in [6.45, 7) is 1.12. The lowest BCUT2D eigenvalue weighted by atomic mass is 10.1. The van der Waals surface area contributed by atoms with E-state index in [2.05, 4.69) is 4.99 Å². The summed E-state index contributed by atoms with van der Waals surface area (Å²) in [5.41, 5.74) is 1.61. The van der Waals surface area contributed by atoms with Crippen LogP contribution in [0.4, 0.5) is 5.69 Å². The lowest BCUT2D eigenvalue weighted by Gasteiger charge is -2.29. The van der Waals surface area contributed by atoms with E-state index in [1.807, 2.05) is 4.90 Å². The highest BCUT2D eigenvalue weighted by Crippen LogP contribution is 2.48. The number of carboxylic acid groups (broad SMARTS) is 1. The molecule has 3 aliphatic rings. The summed E-state index contributed by atoms with van der Waals surface area (Å²) in [6, 6.07) is 3.31. The van der Waals surface area contributed by atoms with Crippen molar-refractivity contribution < 1.29 is 19.4 Å². The molecular weight excluding hydrogens is 354 g/mol. The summed E-state index contributed by atoms with van der Waals surface area (Å²) < 4.78 is 5.63. The Balaban J connectivity index is 1.95. The van der Waals surface area contributed by atoms with Crippen LogP contribution in [-0.4, -0.2) is 53.8 Å². The fourth-order valence-corrected chi connectivity index (χ4v) is 4.17. The number of amidine groups is 1. The van der Waals surface area contributed by atoms with Gasteiger partial charge in [0.15, 0.2) is 17.5 Å². The summed E-state index contributed by atoms with van der Waals surface area (Å²) >= 11 is 7.35. The van der Waals surface area contributed by atoms with E-state index in [0.717, 1.165) is 11.8 Å². The summed E-state index contributed by atoms with van der Waals surface area (Å²) in [5, 5.41) is 10.6. The molecule has 1 N–H and O–H groups in total. The highest BCUT2D eigenvalue weighted by atomic mass is 35.5. The van der Waals surface area contributed by atoms with Crippen molar-refractivity contribution in [3.05, 3.63) is 27.6 Å². The first kappa shape index (κ1) is 15.3. The van der Waals surface area contributed by atoms with E-state index in [-0.39, 0.29) is 17.4 Å². The van der Waals surface area contributed by atoms with Crippen molar-refractivity contribution >= 4 is 51.8 Å². The number of likely N-dealkylation sites (N-methyl/N-ethyl adjacent to an activating group) is 1. The van der Waals surface area contributed by atoms with E-state index < -0.39 is 5.97 Å². The van der Waals surface area contributed by atoms with Gasteiger partial charge in [-0.3, -0.25) is 9.79 Å². The maximum atomic E-state index is 11.9. The largest absolute Gasteiger partial charge is 0.481 e. The van der Waals surface area contributed by atoms with Crippen LogP contribution in [0.2, 0.25) is 5.02 Å². The Bertz CT molecular complexity index is 851.